The van der Waals surface area contributed by atoms with E-state index >= 15 is 0 Å². The quantitative estimate of drug-likeness (QED) is 0.208. The van der Waals surface area contributed by atoms with Crippen molar-refractivity contribution in [3.05, 3.63) is 101 Å². The Morgan fingerprint density at radius 1 is 1.09 bits per heavy atom. The van der Waals surface area contributed by atoms with E-state index in [1.54, 1.807) is 55.7 Å². The molecule has 0 spiro atoms. The Balaban J connectivity index is 1.87. The summed E-state index contributed by atoms with van der Waals surface area (Å²) in [4.78, 5) is 12.7. The lowest BCUT2D eigenvalue weighted by Crippen LogP contribution is -2.13. The zero-order valence-electron chi connectivity index (χ0n) is 19.5. The first-order chi connectivity index (χ1) is 17.0. The molecule has 0 aliphatic carbocycles. The first-order valence-electron chi connectivity index (χ1n) is 10.7. The number of methoxy groups -OCH3 is 2. The van der Waals surface area contributed by atoms with Crippen molar-refractivity contribution in [3.8, 4) is 23.3 Å². The predicted molar refractivity (Wildman–Crippen MR) is 138 cm³/mol. The summed E-state index contributed by atoms with van der Waals surface area (Å²) in [6.07, 6.45) is 3.77. The summed E-state index contributed by atoms with van der Waals surface area (Å²) in [5, 5.41) is 13.0. The summed E-state index contributed by atoms with van der Waals surface area (Å²) < 4.78 is 16.8. The Kier molecular flexibility index (Phi) is 8.94. The molecule has 7 heteroatoms. The highest BCUT2D eigenvalue weighted by Crippen LogP contribution is 2.35. The minimum absolute atomic E-state index is 0.0535. The fourth-order valence-corrected chi connectivity index (χ4v) is 3.44. The Bertz CT molecular complexity index is 1260. The molecule has 1 N–H and O–H groups in total. The summed E-state index contributed by atoms with van der Waals surface area (Å²) in [5.41, 5.74) is 2.88. The van der Waals surface area contributed by atoms with Crippen LogP contribution in [0.25, 0.3) is 6.08 Å². The van der Waals surface area contributed by atoms with Crippen LogP contribution in [0.4, 0.5) is 5.69 Å². The molecule has 0 aromatic heterocycles. The summed E-state index contributed by atoms with van der Waals surface area (Å²) >= 11 is 5.96. The second kappa shape index (κ2) is 12.3. The van der Waals surface area contributed by atoms with Gasteiger partial charge in [0.25, 0.3) is 5.91 Å². The van der Waals surface area contributed by atoms with E-state index in [0.29, 0.717) is 46.5 Å². The largest absolute Gasteiger partial charge is 0.497 e. The molecule has 0 aliphatic heterocycles. The third-order valence-corrected chi connectivity index (χ3v) is 5.31. The van der Waals surface area contributed by atoms with Crippen LogP contribution >= 0.6 is 11.6 Å². The van der Waals surface area contributed by atoms with Crippen LogP contribution in [0.15, 0.2) is 78.9 Å². The molecule has 0 radical (unpaired) electrons. The van der Waals surface area contributed by atoms with Crippen LogP contribution in [-0.2, 0) is 17.8 Å². The van der Waals surface area contributed by atoms with Gasteiger partial charge in [0.15, 0.2) is 11.5 Å². The van der Waals surface area contributed by atoms with Crippen LogP contribution in [0.5, 0.6) is 17.2 Å². The van der Waals surface area contributed by atoms with Gasteiger partial charge in [-0.1, -0.05) is 29.8 Å². The topological polar surface area (TPSA) is 80.6 Å². The van der Waals surface area contributed by atoms with Crippen LogP contribution in [-0.4, -0.2) is 20.1 Å². The number of allylic oxidation sites excluding steroid dienone is 1. The number of carbonyl (C=O) groups is 1. The highest BCUT2D eigenvalue weighted by molar-refractivity contribution is 6.30. The summed E-state index contributed by atoms with van der Waals surface area (Å²) in [6.45, 7) is 4.14. The molecule has 3 aromatic carbocycles. The number of halogens is 1. The van der Waals surface area contributed by atoms with Gasteiger partial charge in [-0.15, -0.1) is 6.58 Å². The van der Waals surface area contributed by atoms with Crippen molar-refractivity contribution in [1.82, 2.24) is 0 Å². The number of anilines is 1. The molecule has 0 saturated heterocycles. The second-order valence-electron chi connectivity index (χ2n) is 7.47. The number of amides is 1. The zero-order valence-corrected chi connectivity index (χ0v) is 20.3. The Hall–Kier alpha value is -4.21. The molecule has 6 nitrogen and oxygen atoms in total. The number of hydrogen-bond acceptors (Lipinski definition) is 5. The molecule has 35 heavy (non-hydrogen) atoms. The minimum Gasteiger partial charge on any atom is -0.497 e. The molecule has 178 valence electrons. The van der Waals surface area contributed by atoms with E-state index in [1.165, 1.54) is 13.2 Å². The smallest absolute Gasteiger partial charge is 0.266 e. The normalized spacial score (nSPS) is 10.7. The van der Waals surface area contributed by atoms with Gasteiger partial charge in [-0.3, -0.25) is 4.79 Å². The van der Waals surface area contributed by atoms with Crippen molar-refractivity contribution in [3.63, 3.8) is 0 Å². The van der Waals surface area contributed by atoms with Crippen LogP contribution in [0, 0.1) is 11.3 Å². The number of carbonyl (C=O) groups excluding carboxylic acids is 1. The first-order valence-corrected chi connectivity index (χ1v) is 11.1. The number of nitrogens with one attached hydrogen (secondary N) is 1. The fraction of sp³-hybridized carbons (Fsp3) is 0.143. The van der Waals surface area contributed by atoms with Gasteiger partial charge >= 0.3 is 0 Å². The number of nitrogens with zero attached hydrogens (tertiary/aromatic N) is 1. The average Bonchev–Trinajstić information content (AvgIpc) is 2.87. The molecule has 0 bridgehead atoms. The van der Waals surface area contributed by atoms with Gasteiger partial charge in [0.2, 0.25) is 0 Å². The van der Waals surface area contributed by atoms with Gasteiger partial charge in [0, 0.05) is 16.3 Å². The summed E-state index contributed by atoms with van der Waals surface area (Å²) in [6, 6.07) is 19.8. The van der Waals surface area contributed by atoms with E-state index in [0.717, 1.165) is 11.1 Å². The highest BCUT2D eigenvalue weighted by Gasteiger charge is 2.15. The van der Waals surface area contributed by atoms with E-state index < -0.39 is 5.91 Å². The molecule has 0 atom stereocenters. The van der Waals surface area contributed by atoms with Crippen molar-refractivity contribution in [2.45, 2.75) is 13.0 Å². The molecule has 1 amide bonds. The van der Waals surface area contributed by atoms with Crippen molar-refractivity contribution >= 4 is 29.3 Å². The minimum atomic E-state index is -0.523. The number of benzene rings is 3. The fourth-order valence-electron chi connectivity index (χ4n) is 3.31. The maximum absolute atomic E-state index is 12.7. The molecule has 0 unspecified atom stereocenters. The Labute approximate surface area is 210 Å². The molecule has 0 fully saturated rings. The molecule has 0 heterocycles. The Morgan fingerprint density at radius 2 is 1.80 bits per heavy atom. The lowest BCUT2D eigenvalue weighted by atomic mass is 10.0. The SMILES string of the molecule is C=CCc1cc(/C=C(/C#N)C(=O)Nc2ccc(OC)cc2)cc(OC)c1OCc1ccc(Cl)cc1. The standard InChI is InChI=1S/C28H25ClN2O4/c1-4-5-21-14-20(15-22(17-30)28(32)31-24-10-12-25(33-2)13-11-24)16-26(34-3)27(21)35-18-19-6-8-23(29)9-7-19/h4,6-16H,1,5,18H2,2-3H3,(H,31,32)/b22-15-. The number of hydrogen-bond donors (Lipinski definition) is 1. The van der Waals surface area contributed by atoms with E-state index in [4.69, 9.17) is 25.8 Å². The number of nitriles is 1. The van der Waals surface area contributed by atoms with Gasteiger partial charge in [-0.25, -0.2) is 0 Å². The molecular weight excluding hydrogens is 464 g/mol. The maximum Gasteiger partial charge on any atom is 0.266 e. The van der Waals surface area contributed by atoms with Crippen LogP contribution in [0.3, 0.4) is 0 Å². The lowest BCUT2D eigenvalue weighted by Gasteiger charge is -2.16. The van der Waals surface area contributed by atoms with Crippen LogP contribution in [0.2, 0.25) is 5.02 Å². The molecule has 0 saturated carbocycles. The summed E-state index contributed by atoms with van der Waals surface area (Å²) in [5.74, 6) is 1.20. The molecule has 3 aromatic rings. The van der Waals surface area contributed by atoms with Gasteiger partial charge < -0.3 is 19.5 Å². The molecular formula is C28H25ClN2O4. The molecule has 3 rings (SSSR count). The van der Waals surface area contributed by atoms with Gasteiger partial charge in [-0.2, -0.15) is 5.26 Å². The van der Waals surface area contributed by atoms with Crippen molar-refractivity contribution in [2.24, 2.45) is 0 Å². The lowest BCUT2D eigenvalue weighted by molar-refractivity contribution is -0.112. The van der Waals surface area contributed by atoms with E-state index in [1.807, 2.05) is 24.3 Å². The van der Waals surface area contributed by atoms with E-state index in [9.17, 15) is 10.1 Å². The molecule has 0 aliphatic rings. The average molecular weight is 489 g/mol. The van der Waals surface area contributed by atoms with Crippen LogP contribution < -0.4 is 19.5 Å². The maximum atomic E-state index is 12.7. The number of rotatable bonds is 10. The highest BCUT2D eigenvalue weighted by atomic mass is 35.5. The van der Waals surface area contributed by atoms with Crippen molar-refractivity contribution < 1.29 is 19.0 Å². The predicted octanol–water partition coefficient (Wildman–Crippen LogP) is 6.21. The second-order valence-corrected chi connectivity index (χ2v) is 7.91. The first kappa shape index (κ1) is 25.4. The van der Waals surface area contributed by atoms with Crippen LogP contribution in [0.1, 0.15) is 16.7 Å². The van der Waals surface area contributed by atoms with E-state index in [-0.39, 0.29) is 5.57 Å². The monoisotopic (exact) mass is 488 g/mol. The Morgan fingerprint density at radius 3 is 2.40 bits per heavy atom. The van der Waals surface area contributed by atoms with Gasteiger partial charge in [-0.05, 0) is 72.2 Å². The third-order valence-electron chi connectivity index (χ3n) is 5.06. The van der Waals surface area contributed by atoms with E-state index in [2.05, 4.69) is 11.9 Å². The van der Waals surface area contributed by atoms with Crippen molar-refractivity contribution in [2.75, 3.05) is 19.5 Å². The van der Waals surface area contributed by atoms with Gasteiger partial charge in [0.05, 0.1) is 14.2 Å². The third kappa shape index (κ3) is 6.89. The van der Waals surface area contributed by atoms with Crippen molar-refractivity contribution in [1.29, 1.82) is 5.26 Å². The number of ether oxygens (including phenoxy) is 3. The zero-order chi connectivity index (χ0) is 25.2. The van der Waals surface area contributed by atoms with Gasteiger partial charge in [0.1, 0.15) is 24.0 Å². The summed E-state index contributed by atoms with van der Waals surface area (Å²) in [7, 11) is 3.10.